The number of nitrogens with zero attached hydrogens (tertiary/aromatic N) is 1. The number of rotatable bonds is 9. The molecule has 27 heavy (non-hydrogen) atoms. The summed E-state index contributed by atoms with van der Waals surface area (Å²) in [6.07, 6.45) is 4.82. The molecule has 2 aliphatic rings. The predicted molar refractivity (Wildman–Crippen MR) is 115 cm³/mol. The lowest BCUT2D eigenvalue weighted by molar-refractivity contribution is 0.0347. The lowest BCUT2D eigenvalue weighted by atomic mass is 10.1. The molecular weight excluding hydrogens is 461 g/mol. The van der Waals surface area contributed by atoms with Crippen LogP contribution in [0.2, 0.25) is 0 Å². The van der Waals surface area contributed by atoms with Crippen molar-refractivity contribution in [2.24, 2.45) is 10.9 Å². The van der Waals surface area contributed by atoms with Crippen molar-refractivity contribution in [2.45, 2.75) is 38.3 Å². The van der Waals surface area contributed by atoms with Crippen LogP contribution in [0.5, 0.6) is 0 Å². The Balaban J connectivity index is 0.00000261. The average molecular weight is 493 g/mol. The van der Waals surface area contributed by atoms with Crippen molar-refractivity contribution in [2.75, 3.05) is 46.1 Å². The number of guanidine groups is 1. The van der Waals surface area contributed by atoms with Gasteiger partial charge in [0.1, 0.15) is 5.76 Å². The van der Waals surface area contributed by atoms with Crippen LogP contribution >= 0.6 is 24.0 Å². The van der Waals surface area contributed by atoms with Crippen LogP contribution in [0, 0.1) is 5.92 Å². The third kappa shape index (κ3) is 8.37. The molecule has 0 aromatic carbocycles. The van der Waals surface area contributed by atoms with Gasteiger partial charge >= 0.3 is 0 Å². The Morgan fingerprint density at radius 3 is 2.85 bits per heavy atom. The summed E-state index contributed by atoms with van der Waals surface area (Å²) < 4.78 is 22.1. The van der Waals surface area contributed by atoms with Gasteiger partial charge in [0.15, 0.2) is 5.96 Å². The van der Waals surface area contributed by atoms with Gasteiger partial charge in [-0.1, -0.05) is 0 Å². The second-order valence-electron chi connectivity index (χ2n) is 7.04. The van der Waals surface area contributed by atoms with Gasteiger partial charge in [-0.3, -0.25) is 4.99 Å². The minimum Gasteiger partial charge on any atom is -0.469 e. The first kappa shape index (κ1) is 22.4. The molecule has 3 heterocycles. The van der Waals surface area contributed by atoms with Crippen LogP contribution in [0.3, 0.4) is 0 Å². The van der Waals surface area contributed by atoms with Crippen LogP contribution < -0.4 is 10.6 Å². The first-order chi connectivity index (χ1) is 12.8. The topological polar surface area (TPSA) is 77.2 Å². The van der Waals surface area contributed by atoms with Gasteiger partial charge in [0.25, 0.3) is 0 Å². The van der Waals surface area contributed by atoms with Gasteiger partial charge in [-0.05, 0) is 31.9 Å². The van der Waals surface area contributed by atoms with E-state index < -0.39 is 0 Å². The Kier molecular flexibility index (Phi) is 10.5. The van der Waals surface area contributed by atoms with Crippen LogP contribution in [-0.4, -0.2) is 64.2 Å². The molecule has 0 radical (unpaired) electrons. The van der Waals surface area contributed by atoms with E-state index >= 15 is 0 Å². The molecule has 3 rings (SSSR count). The zero-order valence-electron chi connectivity index (χ0n) is 16.0. The summed E-state index contributed by atoms with van der Waals surface area (Å²) in [7, 11) is 0. The third-order valence-corrected chi connectivity index (χ3v) is 4.63. The molecule has 0 aliphatic carbocycles. The summed E-state index contributed by atoms with van der Waals surface area (Å²) in [6, 6.07) is 4.07. The monoisotopic (exact) mass is 493 g/mol. The lowest BCUT2D eigenvalue weighted by Crippen LogP contribution is -2.45. The van der Waals surface area contributed by atoms with E-state index in [9.17, 15) is 0 Å². The molecule has 7 nitrogen and oxygen atoms in total. The van der Waals surface area contributed by atoms with Crippen LogP contribution in [0.25, 0.3) is 0 Å². The molecule has 0 saturated carbocycles. The number of hydrogen-bond acceptors (Lipinski definition) is 5. The van der Waals surface area contributed by atoms with Crippen LogP contribution in [0.1, 0.15) is 25.5 Å². The van der Waals surface area contributed by atoms with E-state index in [0.29, 0.717) is 19.1 Å². The number of aliphatic imine (C=N–C) groups is 1. The second-order valence-corrected chi connectivity index (χ2v) is 7.04. The highest BCUT2D eigenvalue weighted by Gasteiger charge is 2.18. The smallest absolute Gasteiger partial charge is 0.191 e. The van der Waals surface area contributed by atoms with E-state index in [0.717, 1.165) is 63.9 Å². The van der Waals surface area contributed by atoms with Crippen molar-refractivity contribution in [1.29, 1.82) is 0 Å². The number of ether oxygens (including phenoxy) is 3. The predicted octanol–water partition coefficient (Wildman–Crippen LogP) is 2.21. The van der Waals surface area contributed by atoms with E-state index in [1.807, 2.05) is 12.1 Å². The normalized spacial score (nSPS) is 23.8. The van der Waals surface area contributed by atoms with E-state index in [1.54, 1.807) is 6.26 Å². The van der Waals surface area contributed by atoms with Crippen molar-refractivity contribution in [1.82, 2.24) is 10.6 Å². The Morgan fingerprint density at radius 2 is 2.15 bits per heavy atom. The van der Waals surface area contributed by atoms with Gasteiger partial charge in [0, 0.05) is 44.7 Å². The molecule has 2 N–H and O–H groups in total. The first-order valence-corrected chi connectivity index (χ1v) is 9.64. The Hall–Kier alpha value is -0.840. The quantitative estimate of drug-likeness (QED) is 0.312. The van der Waals surface area contributed by atoms with Crippen LogP contribution in [0.15, 0.2) is 27.8 Å². The number of furan rings is 1. The fraction of sp³-hybridized carbons (Fsp3) is 0.737. The maximum absolute atomic E-state index is 5.90. The standard InChI is InChI=1S/C19H31N3O4.HI/c1-15(12-26-18-6-10-24-14-18)22-19(21-11-16-5-9-23-13-16)20-7-4-17-3-2-8-25-17;/h2-3,8,15-16,18H,4-7,9-14H2,1H3,(H2,20,21,22);1H. The summed E-state index contributed by atoms with van der Waals surface area (Å²) in [5.41, 5.74) is 0. The van der Waals surface area contributed by atoms with Gasteiger partial charge in [-0.2, -0.15) is 0 Å². The Bertz CT molecular complexity index is 529. The molecule has 0 bridgehead atoms. The second kappa shape index (κ2) is 12.6. The highest BCUT2D eigenvalue weighted by Crippen LogP contribution is 2.12. The zero-order chi connectivity index (χ0) is 18.0. The number of nitrogens with one attached hydrogen (secondary N) is 2. The minimum atomic E-state index is 0. The van der Waals surface area contributed by atoms with Gasteiger partial charge in [-0.25, -0.2) is 0 Å². The molecule has 1 aromatic heterocycles. The van der Waals surface area contributed by atoms with Crippen molar-refractivity contribution in [3.8, 4) is 0 Å². The van der Waals surface area contributed by atoms with Gasteiger partial charge < -0.3 is 29.3 Å². The summed E-state index contributed by atoms with van der Waals surface area (Å²) >= 11 is 0. The van der Waals surface area contributed by atoms with E-state index in [-0.39, 0.29) is 36.1 Å². The highest BCUT2D eigenvalue weighted by molar-refractivity contribution is 14.0. The summed E-state index contributed by atoms with van der Waals surface area (Å²) in [5, 5.41) is 6.85. The molecule has 154 valence electrons. The van der Waals surface area contributed by atoms with Crippen molar-refractivity contribution >= 4 is 29.9 Å². The fourth-order valence-corrected chi connectivity index (χ4v) is 3.06. The third-order valence-electron chi connectivity index (χ3n) is 4.63. The fourth-order valence-electron chi connectivity index (χ4n) is 3.06. The Labute approximate surface area is 178 Å². The maximum atomic E-state index is 5.90. The van der Waals surface area contributed by atoms with E-state index in [4.69, 9.17) is 23.6 Å². The van der Waals surface area contributed by atoms with Crippen molar-refractivity contribution in [3.63, 3.8) is 0 Å². The van der Waals surface area contributed by atoms with Crippen LogP contribution in [-0.2, 0) is 20.6 Å². The lowest BCUT2D eigenvalue weighted by Gasteiger charge is -2.20. The average Bonchev–Trinajstić information content (AvgIpc) is 3.41. The molecule has 0 spiro atoms. The molecule has 2 aliphatic heterocycles. The van der Waals surface area contributed by atoms with Gasteiger partial charge in [0.2, 0.25) is 0 Å². The van der Waals surface area contributed by atoms with E-state index in [1.165, 1.54) is 0 Å². The minimum absolute atomic E-state index is 0. The SMILES string of the molecule is CC(COC1CCOC1)NC(=NCC1CCOC1)NCCc1ccco1.I. The molecule has 8 heteroatoms. The maximum Gasteiger partial charge on any atom is 0.191 e. The molecule has 1 aromatic rings. The Morgan fingerprint density at radius 1 is 1.30 bits per heavy atom. The highest BCUT2D eigenvalue weighted by atomic mass is 127. The molecular formula is C19H32IN3O4. The molecule has 3 unspecified atom stereocenters. The summed E-state index contributed by atoms with van der Waals surface area (Å²) in [4.78, 5) is 4.75. The molecule has 0 amide bonds. The van der Waals surface area contributed by atoms with Gasteiger partial charge in [-0.15, -0.1) is 24.0 Å². The number of halogens is 1. The largest absolute Gasteiger partial charge is 0.469 e. The first-order valence-electron chi connectivity index (χ1n) is 9.64. The summed E-state index contributed by atoms with van der Waals surface area (Å²) in [5.74, 6) is 2.31. The van der Waals surface area contributed by atoms with E-state index in [2.05, 4.69) is 17.6 Å². The van der Waals surface area contributed by atoms with Gasteiger partial charge in [0.05, 0.1) is 32.2 Å². The molecule has 2 fully saturated rings. The molecule has 2 saturated heterocycles. The molecule has 3 atom stereocenters. The zero-order valence-corrected chi connectivity index (χ0v) is 18.4. The van der Waals surface area contributed by atoms with Crippen LogP contribution in [0.4, 0.5) is 0 Å². The number of hydrogen-bond donors (Lipinski definition) is 2. The van der Waals surface area contributed by atoms with Crippen molar-refractivity contribution in [3.05, 3.63) is 24.2 Å². The summed E-state index contributed by atoms with van der Waals surface area (Å²) in [6.45, 7) is 7.46. The van der Waals surface area contributed by atoms with Crippen molar-refractivity contribution < 1.29 is 18.6 Å².